The normalized spacial score (nSPS) is 18.9. The molecule has 4 rings (SSSR count). The summed E-state index contributed by atoms with van der Waals surface area (Å²) in [4.78, 5) is 11.6. The number of rotatable bonds is 6. The van der Waals surface area contributed by atoms with Gasteiger partial charge in [0.1, 0.15) is 17.9 Å². The first-order valence-corrected chi connectivity index (χ1v) is 8.75. The van der Waals surface area contributed by atoms with Crippen molar-refractivity contribution in [3.05, 3.63) is 53.1 Å². The fraction of sp³-hybridized carbons (Fsp3) is 0.350. The molecule has 2 heterocycles. The van der Waals surface area contributed by atoms with E-state index in [1.54, 1.807) is 18.3 Å². The molecule has 0 radical (unpaired) electrons. The minimum absolute atomic E-state index is 0.258. The molecule has 0 amide bonds. The number of aldehydes is 1. The Hall–Kier alpha value is -2.76. The highest BCUT2D eigenvalue weighted by Gasteiger charge is 2.34. The van der Waals surface area contributed by atoms with E-state index in [0.717, 1.165) is 35.0 Å². The van der Waals surface area contributed by atoms with Gasteiger partial charge >= 0.3 is 0 Å². The van der Waals surface area contributed by atoms with E-state index in [2.05, 4.69) is 21.7 Å². The number of halogens is 1. The highest BCUT2D eigenvalue weighted by Crippen LogP contribution is 2.41. The first-order chi connectivity index (χ1) is 12.6. The number of ether oxygens (including phenoxy) is 1. The van der Waals surface area contributed by atoms with E-state index >= 15 is 0 Å². The summed E-state index contributed by atoms with van der Waals surface area (Å²) in [5, 5.41) is 8.92. The Bertz CT molecular complexity index is 965. The van der Waals surface area contributed by atoms with E-state index in [0.29, 0.717) is 23.3 Å². The average molecular weight is 353 g/mol. The predicted octanol–water partition coefficient (Wildman–Crippen LogP) is 3.93. The Kier molecular flexibility index (Phi) is 4.18. The molecule has 0 aliphatic heterocycles. The highest BCUT2D eigenvalue weighted by molar-refractivity contribution is 6.00. The molecule has 1 saturated carbocycles. The van der Waals surface area contributed by atoms with E-state index in [1.165, 1.54) is 18.6 Å². The molecule has 0 unspecified atom stereocenters. The summed E-state index contributed by atoms with van der Waals surface area (Å²) in [6.45, 7) is 5.28. The first kappa shape index (κ1) is 16.7. The topological polar surface area (TPSA) is 57.0 Å². The lowest BCUT2D eigenvalue weighted by Gasteiger charge is -2.11. The van der Waals surface area contributed by atoms with Crippen molar-refractivity contribution in [2.75, 3.05) is 0 Å². The van der Waals surface area contributed by atoms with Gasteiger partial charge in [-0.05, 0) is 42.9 Å². The lowest BCUT2D eigenvalue weighted by Crippen LogP contribution is -2.06. The van der Waals surface area contributed by atoms with Gasteiger partial charge in [0.2, 0.25) is 0 Å². The number of fused-ring (bicyclic) bond motifs is 1. The molecule has 2 atom stereocenters. The molecule has 2 aromatic heterocycles. The first-order valence-electron chi connectivity index (χ1n) is 8.75. The second-order valence-corrected chi connectivity index (χ2v) is 7.03. The third-order valence-corrected chi connectivity index (χ3v) is 5.25. The summed E-state index contributed by atoms with van der Waals surface area (Å²) in [6, 6.07) is 6.15. The van der Waals surface area contributed by atoms with Crippen LogP contribution in [0.25, 0.3) is 10.9 Å². The van der Waals surface area contributed by atoms with E-state index in [9.17, 15) is 9.18 Å². The molecule has 6 heteroatoms. The molecule has 3 aromatic rings. The molecule has 26 heavy (non-hydrogen) atoms. The molecule has 1 aliphatic rings. The van der Waals surface area contributed by atoms with Crippen LogP contribution in [-0.4, -0.2) is 21.1 Å². The van der Waals surface area contributed by atoms with Crippen molar-refractivity contribution in [3.8, 4) is 5.88 Å². The van der Waals surface area contributed by atoms with Crippen LogP contribution in [0.3, 0.4) is 0 Å². The summed E-state index contributed by atoms with van der Waals surface area (Å²) < 4.78 is 21.1. The number of aromatic nitrogens is 3. The van der Waals surface area contributed by atoms with Crippen LogP contribution >= 0.6 is 0 Å². The third kappa shape index (κ3) is 2.96. The molecule has 0 N–H and O–H groups in total. The highest BCUT2D eigenvalue weighted by atomic mass is 19.1. The number of benzene rings is 1. The van der Waals surface area contributed by atoms with Crippen molar-refractivity contribution in [2.45, 2.75) is 33.4 Å². The monoisotopic (exact) mass is 353 g/mol. The standard InChI is InChI=1S/C20H20FN3O2/c1-12-7-15(12)9-24-13(2)18(10-25)17-8-22-23-20(19(17)24)26-11-14-3-5-16(21)6-4-14/h3-6,8,10,12,15H,7,9,11H2,1-2H3/t12-,15+/m0/s1. The van der Waals surface area contributed by atoms with E-state index in [1.807, 2.05) is 6.92 Å². The third-order valence-electron chi connectivity index (χ3n) is 5.25. The number of hydrogen-bond donors (Lipinski definition) is 0. The second-order valence-electron chi connectivity index (χ2n) is 7.03. The lowest BCUT2D eigenvalue weighted by atomic mass is 10.2. The van der Waals surface area contributed by atoms with Crippen LogP contribution in [0.5, 0.6) is 5.88 Å². The van der Waals surface area contributed by atoms with Crippen LogP contribution in [0.2, 0.25) is 0 Å². The Morgan fingerprint density at radius 3 is 2.73 bits per heavy atom. The number of hydrogen-bond acceptors (Lipinski definition) is 4. The van der Waals surface area contributed by atoms with Crippen LogP contribution in [0.4, 0.5) is 4.39 Å². The van der Waals surface area contributed by atoms with Gasteiger partial charge in [0.05, 0.1) is 6.20 Å². The van der Waals surface area contributed by atoms with Crippen LogP contribution < -0.4 is 4.74 Å². The molecule has 0 bridgehead atoms. The SMILES string of the molecule is Cc1c(C=O)c2cnnc(OCc3ccc(F)cc3)c2n1C[C@H]1C[C@@H]1C. The van der Waals surface area contributed by atoms with Crippen molar-refractivity contribution in [1.29, 1.82) is 0 Å². The van der Waals surface area contributed by atoms with Gasteiger partial charge in [-0.15, -0.1) is 5.10 Å². The molecule has 0 saturated heterocycles. The Morgan fingerprint density at radius 1 is 1.35 bits per heavy atom. The van der Waals surface area contributed by atoms with Gasteiger partial charge < -0.3 is 9.30 Å². The van der Waals surface area contributed by atoms with Crippen molar-refractivity contribution in [3.63, 3.8) is 0 Å². The van der Waals surface area contributed by atoms with Gasteiger partial charge in [-0.2, -0.15) is 5.10 Å². The smallest absolute Gasteiger partial charge is 0.258 e. The summed E-state index contributed by atoms with van der Waals surface area (Å²) in [7, 11) is 0. The van der Waals surface area contributed by atoms with E-state index in [4.69, 9.17) is 4.74 Å². The maximum absolute atomic E-state index is 13.1. The predicted molar refractivity (Wildman–Crippen MR) is 95.7 cm³/mol. The van der Waals surface area contributed by atoms with Crippen LogP contribution in [0, 0.1) is 24.6 Å². The van der Waals surface area contributed by atoms with E-state index < -0.39 is 0 Å². The Labute approximate surface area is 150 Å². The number of carbonyl (C=O) groups excluding carboxylic acids is 1. The second kappa shape index (κ2) is 6.52. The van der Waals surface area contributed by atoms with Crippen molar-refractivity contribution >= 4 is 17.2 Å². The molecule has 1 fully saturated rings. The summed E-state index contributed by atoms with van der Waals surface area (Å²) in [5.74, 6) is 1.43. The summed E-state index contributed by atoms with van der Waals surface area (Å²) >= 11 is 0. The molecule has 0 spiro atoms. The quantitative estimate of drug-likeness (QED) is 0.630. The maximum Gasteiger partial charge on any atom is 0.258 e. The largest absolute Gasteiger partial charge is 0.470 e. The molecular formula is C20H20FN3O2. The lowest BCUT2D eigenvalue weighted by molar-refractivity contribution is 0.112. The van der Waals surface area contributed by atoms with Gasteiger partial charge in [-0.3, -0.25) is 4.79 Å². The van der Waals surface area contributed by atoms with Crippen molar-refractivity contribution < 1.29 is 13.9 Å². The molecular weight excluding hydrogens is 333 g/mol. The molecule has 5 nitrogen and oxygen atoms in total. The van der Waals surface area contributed by atoms with Crippen LogP contribution in [-0.2, 0) is 13.2 Å². The average Bonchev–Trinajstić information content (AvgIpc) is 3.27. The van der Waals surface area contributed by atoms with Crippen LogP contribution in [0.1, 0.15) is 35.0 Å². The zero-order valence-electron chi connectivity index (χ0n) is 14.8. The summed E-state index contributed by atoms with van der Waals surface area (Å²) in [6.07, 6.45) is 3.68. The van der Waals surface area contributed by atoms with E-state index in [-0.39, 0.29) is 12.4 Å². The zero-order chi connectivity index (χ0) is 18.3. The van der Waals surface area contributed by atoms with Crippen LogP contribution in [0.15, 0.2) is 30.5 Å². The van der Waals surface area contributed by atoms with Gasteiger partial charge in [0, 0.05) is 23.2 Å². The van der Waals surface area contributed by atoms with Gasteiger partial charge in [-0.1, -0.05) is 19.1 Å². The summed E-state index contributed by atoms with van der Waals surface area (Å²) in [5.41, 5.74) is 3.19. The number of nitrogens with zero attached hydrogens (tertiary/aromatic N) is 3. The molecule has 1 aliphatic carbocycles. The van der Waals surface area contributed by atoms with Gasteiger partial charge in [0.25, 0.3) is 5.88 Å². The van der Waals surface area contributed by atoms with Crippen molar-refractivity contribution in [1.82, 2.24) is 14.8 Å². The van der Waals surface area contributed by atoms with Gasteiger partial charge in [-0.25, -0.2) is 4.39 Å². The van der Waals surface area contributed by atoms with Crippen molar-refractivity contribution in [2.24, 2.45) is 11.8 Å². The zero-order valence-corrected chi connectivity index (χ0v) is 14.8. The Morgan fingerprint density at radius 2 is 2.08 bits per heavy atom. The van der Waals surface area contributed by atoms with Gasteiger partial charge in [0.15, 0.2) is 6.29 Å². The number of carbonyl (C=O) groups is 1. The fourth-order valence-corrected chi connectivity index (χ4v) is 3.42. The Balaban J connectivity index is 1.71. The molecule has 1 aromatic carbocycles. The fourth-order valence-electron chi connectivity index (χ4n) is 3.42. The minimum atomic E-state index is -0.283. The maximum atomic E-state index is 13.1. The molecule has 134 valence electrons. The minimum Gasteiger partial charge on any atom is -0.470 e.